The molecule has 4 atom stereocenters. The second-order valence-corrected chi connectivity index (χ2v) is 16.6. The summed E-state index contributed by atoms with van der Waals surface area (Å²) in [4.78, 5) is 46.1. The number of amides is 2. The molecule has 2 aromatic heterocycles. The van der Waals surface area contributed by atoms with E-state index in [2.05, 4.69) is 40.8 Å². The Morgan fingerprint density at radius 2 is 1.14 bits per heavy atom. The van der Waals surface area contributed by atoms with Gasteiger partial charge in [0, 0.05) is 74.4 Å². The first kappa shape index (κ1) is 39.5. The minimum Gasteiger partial charge on any atom is -0.444 e. The third-order valence-electron chi connectivity index (χ3n) is 9.06. The molecule has 0 unspecified atom stereocenters. The smallest absolute Gasteiger partial charge is 0.410 e. The molecule has 5 heterocycles. The summed E-state index contributed by atoms with van der Waals surface area (Å²) in [5, 5.41) is 1.33. The second-order valence-electron chi connectivity index (χ2n) is 15.4. The van der Waals surface area contributed by atoms with Crippen LogP contribution in [0.5, 0.6) is 0 Å². The lowest BCUT2D eigenvalue weighted by atomic mass is 9.82. The van der Waals surface area contributed by atoms with E-state index in [4.69, 9.17) is 32.7 Å². The highest BCUT2D eigenvalue weighted by Crippen LogP contribution is 2.36. The Bertz CT molecular complexity index is 1340. The van der Waals surface area contributed by atoms with Crippen LogP contribution >= 0.6 is 39.1 Å². The Morgan fingerprint density at radius 1 is 0.714 bits per heavy atom. The molecule has 1 aliphatic carbocycles. The van der Waals surface area contributed by atoms with E-state index in [1.54, 1.807) is 24.8 Å². The number of likely N-dealkylation sites (tertiary alicyclic amines) is 3. The van der Waals surface area contributed by atoms with Crippen molar-refractivity contribution in [3.05, 3.63) is 46.5 Å². The molecule has 2 amide bonds. The Kier molecular flexibility index (Phi) is 14.3. The zero-order valence-corrected chi connectivity index (χ0v) is 32.8. The fourth-order valence-electron chi connectivity index (χ4n) is 6.89. The van der Waals surface area contributed by atoms with E-state index in [0.717, 1.165) is 80.4 Å². The lowest BCUT2D eigenvalue weighted by Gasteiger charge is -2.36. The summed E-state index contributed by atoms with van der Waals surface area (Å²) < 4.78 is 10.9. The summed E-state index contributed by atoms with van der Waals surface area (Å²) in [6.07, 6.45) is 14.2. The van der Waals surface area contributed by atoms with Crippen molar-refractivity contribution in [2.75, 3.05) is 32.7 Å². The van der Waals surface area contributed by atoms with E-state index in [9.17, 15) is 9.59 Å². The van der Waals surface area contributed by atoms with E-state index in [-0.39, 0.29) is 23.1 Å². The molecule has 14 heteroatoms. The molecule has 3 aliphatic heterocycles. The summed E-state index contributed by atoms with van der Waals surface area (Å²) in [6.45, 7) is 16.7. The normalized spacial score (nSPS) is 23.7. The average Bonchev–Trinajstić information content (AvgIpc) is 3.68. The molecule has 4 fully saturated rings. The molecule has 49 heavy (non-hydrogen) atoms. The molecule has 3 saturated heterocycles. The maximum Gasteiger partial charge on any atom is 0.410 e. The van der Waals surface area contributed by atoms with Crippen LogP contribution in [0.25, 0.3) is 0 Å². The van der Waals surface area contributed by atoms with Gasteiger partial charge in [-0.1, -0.05) is 28.8 Å². The van der Waals surface area contributed by atoms with Gasteiger partial charge in [-0.05, 0) is 120 Å². The standard InChI is InChI=1S/C17H25ClN4O2.C13H23NO2.C5H4BrClN2/c1-17(2,3)24-16(23)22-10-13-5-4-6-21(14(13)11-22)9-12-7-19-15(18)20-8-12;1-13(2,3)16-12(15)14-8-10-6-4-5-7-11(10)9-14;6-1-4-2-8-5(7)9-3-4/h7-8,13-14H,4-6,9-11H2,1-3H3;10-11H,4-9H2,1-3H3;2-3H,1H2/t13-,14+;10-,11+;/m0../s1. The molecule has 4 aliphatic rings. The van der Waals surface area contributed by atoms with Gasteiger partial charge in [-0.25, -0.2) is 29.5 Å². The summed E-state index contributed by atoms with van der Waals surface area (Å²) in [6, 6.07) is 0.377. The van der Waals surface area contributed by atoms with Crippen LogP contribution in [0.4, 0.5) is 9.59 Å². The van der Waals surface area contributed by atoms with Crippen molar-refractivity contribution in [2.24, 2.45) is 17.8 Å². The molecular weight excluding hydrogens is 733 g/mol. The average molecular weight is 786 g/mol. The molecule has 0 bridgehead atoms. The number of fused-ring (bicyclic) bond motifs is 2. The first-order chi connectivity index (χ1) is 23.1. The molecule has 0 aromatic carbocycles. The van der Waals surface area contributed by atoms with Crippen LogP contribution in [0, 0.1) is 17.8 Å². The maximum atomic E-state index is 12.4. The van der Waals surface area contributed by atoms with Crippen molar-refractivity contribution in [3.63, 3.8) is 0 Å². The fourth-order valence-corrected chi connectivity index (χ4v) is 7.38. The summed E-state index contributed by atoms with van der Waals surface area (Å²) >= 11 is 14.4. The molecular formula is C35H52BrCl2N7O4. The van der Waals surface area contributed by atoms with E-state index >= 15 is 0 Å². The summed E-state index contributed by atoms with van der Waals surface area (Å²) in [7, 11) is 0. The third kappa shape index (κ3) is 12.8. The number of alkyl halides is 1. The van der Waals surface area contributed by atoms with E-state index < -0.39 is 5.60 Å². The van der Waals surface area contributed by atoms with Crippen molar-refractivity contribution >= 4 is 51.3 Å². The first-order valence-corrected chi connectivity index (χ1v) is 19.2. The number of aromatic nitrogens is 4. The minimum absolute atomic E-state index is 0.123. The van der Waals surface area contributed by atoms with Gasteiger partial charge in [0.25, 0.3) is 0 Å². The van der Waals surface area contributed by atoms with Crippen molar-refractivity contribution in [3.8, 4) is 0 Å². The van der Waals surface area contributed by atoms with Gasteiger partial charge in [-0.3, -0.25) is 4.90 Å². The van der Waals surface area contributed by atoms with Gasteiger partial charge in [0.2, 0.25) is 10.6 Å². The van der Waals surface area contributed by atoms with Crippen LogP contribution in [0.1, 0.15) is 91.2 Å². The van der Waals surface area contributed by atoms with Crippen LogP contribution in [0.15, 0.2) is 24.8 Å². The van der Waals surface area contributed by atoms with Crippen molar-refractivity contribution in [2.45, 2.75) is 109 Å². The largest absolute Gasteiger partial charge is 0.444 e. The van der Waals surface area contributed by atoms with E-state index in [1.165, 1.54) is 25.7 Å². The van der Waals surface area contributed by atoms with Gasteiger partial charge in [0.15, 0.2) is 0 Å². The number of ether oxygens (including phenoxy) is 2. The van der Waals surface area contributed by atoms with Gasteiger partial charge in [0.1, 0.15) is 11.2 Å². The van der Waals surface area contributed by atoms with Gasteiger partial charge in [0.05, 0.1) is 0 Å². The molecule has 0 radical (unpaired) electrons. The monoisotopic (exact) mass is 783 g/mol. The van der Waals surface area contributed by atoms with Crippen LogP contribution in [0.2, 0.25) is 10.6 Å². The summed E-state index contributed by atoms with van der Waals surface area (Å²) in [5.41, 5.74) is 1.26. The van der Waals surface area contributed by atoms with E-state index in [1.807, 2.05) is 51.3 Å². The molecule has 0 N–H and O–H groups in total. The van der Waals surface area contributed by atoms with Crippen LogP contribution < -0.4 is 0 Å². The Hall–Kier alpha value is -2.28. The Labute approximate surface area is 310 Å². The van der Waals surface area contributed by atoms with Gasteiger partial charge < -0.3 is 19.3 Å². The van der Waals surface area contributed by atoms with Gasteiger partial charge in [-0.2, -0.15) is 0 Å². The lowest BCUT2D eigenvalue weighted by Crippen LogP contribution is -2.45. The lowest BCUT2D eigenvalue weighted by molar-refractivity contribution is 0.0271. The van der Waals surface area contributed by atoms with Crippen LogP contribution in [0.3, 0.4) is 0 Å². The zero-order valence-electron chi connectivity index (χ0n) is 29.7. The molecule has 272 valence electrons. The highest BCUT2D eigenvalue weighted by atomic mass is 79.9. The maximum absolute atomic E-state index is 12.4. The molecule has 0 spiro atoms. The topological polar surface area (TPSA) is 114 Å². The molecule has 1 saturated carbocycles. The Balaban J connectivity index is 0.000000185. The SMILES string of the molecule is CC(C)(C)OC(=O)N1C[C@@H]2CCCN(Cc3cnc(Cl)nc3)[C@@H]2C1.CC(C)(C)OC(=O)N1C[C@H]2CCCC[C@H]2C1.Clc1ncc(CBr)cn1. The van der Waals surface area contributed by atoms with Crippen molar-refractivity contribution in [1.29, 1.82) is 0 Å². The van der Waals surface area contributed by atoms with Crippen LogP contribution in [-0.2, 0) is 21.3 Å². The van der Waals surface area contributed by atoms with Crippen molar-refractivity contribution < 1.29 is 19.1 Å². The number of carbonyl (C=O) groups excluding carboxylic acids is 2. The zero-order chi connectivity index (χ0) is 35.8. The summed E-state index contributed by atoms with van der Waals surface area (Å²) in [5.74, 6) is 1.99. The first-order valence-electron chi connectivity index (χ1n) is 17.3. The molecule has 2 aromatic rings. The van der Waals surface area contributed by atoms with E-state index in [0.29, 0.717) is 17.2 Å². The number of nitrogens with zero attached hydrogens (tertiary/aromatic N) is 7. The van der Waals surface area contributed by atoms with Gasteiger partial charge in [-0.15, -0.1) is 0 Å². The number of hydrogen-bond donors (Lipinski definition) is 0. The predicted molar refractivity (Wildman–Crippen MR) is 195 cm³/mol. The number of hydrogen-bond acceptors (Lipinski definition) is 9. The van der Waals surface area contributed by atoms with Crippen molar-refractivity contribution in [1.82, 2.24) is 34.6 Å². The minimum atomic E-state index is -0.453. The van der Waals surface area contributed by atoms with Gasteiger partial charge >= 0.3 is 12.2 Å². The molecule has 6 rings (SSSR count). The number of carbonyl (C=O) groups is 2. The third-order valence-corrected chi connectivity index (χ3v) is 10.1. The predicted octanol–water partition coefficient (Wildman–Crippen LogP) is 8.03. The van der Waals surface area contributed by atoms with Crippen LogP contribution in [-0.4, -0.2) is 96.8 Å². The highest BCUT2D eigenvalue weighted by molar-refractivity contribution is 9.08. The fraction of sp³-hybridized carbons (Fsp3) is 0.714. The second kappa shape index (κ2) is 17.8. The number of piperidine rings is 1. The molecule has 11 nitrogen and oxygen atoms in total. The number of rotatable bonds is 3. The quantitative estimate of drug-likeness (QED) is 0.226. The highest BCUT2D eigenvalue weighted by Gasteiger charge is 2.42. The Morgan fingerprint density at radius 3 is 1.61 bits per heavy atom. The number of halogens is 3.